The molecule has 1 aliphatic heterocycles. The minimum absolute atomic E-state index is 0.197. The average Bonchev–Trinajstić information content (AvgIpc) is 2.53. The largest absolute Gasteiger partial charge is 0.486 e. The predicted molar refractivity (Wildman–Crippen MR) is 72.9 cm³/mol. The molecule has 1 aromatic heterocycles. The van der Waals surface area contributed by atoms with E-state index in [4.69, 9.17) is 9.47 Å². The maximum absolute atomic E-state index is 11.9. The van der Waals surface area contributed by atoms with E-state index in [9.17, 15) is 4.79 Å². The van der Waals surface area contributed by atoms with Crippen LogP contribution in [0.2, 0.25) is 0 Å². The molecule has 0 radical (unpaired) electrons. The van der Waals surface area contributed by atoms with E-state index in [1.165, 1.54) is 0 Å². The summed E-state index contributed by atoms with van der Waals surface area (Å²) in [6.07, 6.45) is 1.39. The first-order chi connectivity index (χ1) is 9.83. The predicted octanol–water partition coefficient (Wildman–Crippen LogP) is 1.65. The quantitative estimate of drug-likeness (QED) is 0.921. The van der Waals surface area contributed by atoms with Crippen LogP contribution in [0.3, 0.4) is 0 Å². The fraction of sp³-hybridized carbons (Fsp3) is 0.200. The lowest BCUT2D eigenvalue weighted by atomic mass is 10.2. The van der Waals surface area contributed by atoms with Crippen molar-refractivity contribution in [1.82, 2.24) is 10.3 Å². The van der Waals surface area contributed by atoms with E-state index < -0.39 is 0 Å². The van der Waals surface area contributed by atoms with E-state index in [0.29, 0.717) is 24.6 Å². The highest BCUT2D eigenvalue weighted by molar-refractivity contribution is 5.92. The molecule has 1 N–H and O–H groups in total. The van der Waals surface area contributed by atoms with Crippen molar-refractivity contribution in [1.29, 1.82) is 0 Å². The lowest BCUT2D eigenvalue weighted by molar-refractivity contribution is 0.0786. The summed E-state index contributed by atoms with van der Waals surface area (Å²) in [5.41, 5.74) is 0.393. The summed E-state index contributed by atoms with van der Waals surface area (Å²) in [5, 5.41) is 2.79. The monoisotopic (exact) mass is 270 g/mol. The summed E-state index contributed by atoms with van der Waals surface area (Å²) in [6, 6.07) is 12.7. The van der Waals surface area contributed by atoms with Crippen LogP contribution in [0.25, 0.3) is 0 Å². The summed E-state index contributed by atoms with van der Waals surface area (Å²) in [5.74, 6) is 1.23. The summed E-state index contributed by atoms with van der Waals surface area (Å²) in [7, 11) is 0. The Morgan fingerprint density at radius 3 is 2.80 bits per heavy atom. The van der Waals surface area contributed by atoms with Gasteiger partial charge in [0.2, 0.25) is 0 Å². The second kappa shape index (κ2) is 5.61. The van der Waals surface area contributed by atoms with Crippen LogP contribution in [0.1, 0.15) is 10.5 Å². The van der Waals surface area contributed by atoms with Gasteiger partial charge in [-0.3, -0.25) is 9.78 Å². The average molecular weight is 270 g/mol. The van der Waals surface area contributed by atoms with Gasteiger partial charge in [0.15, 0.2) is 11.5 Å². The molecule has 1 atom stereocenters. The van der Waals surface area contributed by atoms with E-state index in [1.807, 2.05) is 24.3 Å². The Hall–Kier alpha value is -2.56. The van der Waals surface area contributed by atoms with Crippen LogP contribution >= 0.6 is 0 Å². The SMILES string of the molecule is O=C(NCC1COc2ccccc2O1)c1ccccn1. The molecule has 20 heavy (non-hydrogen) atoms. The number of para-hydroxylation sites is 2. The topological polar surface area (TPSA) is 60.5 Å². The van der Waals surface area contributed by atoms with E-state index in [1.54, 1.807) is 24.4 Å². The molecule has 3 rings (SSSR count). The maximum Gasteiger partial charge on any atom is 0.270 e. The second-order valence-electron chi connectivity index (χ2n) is 4.42. The number of nitrogens with zero attached hydrogens (tertiary/aromatic N) is 1. The normalized spacial score (nSPS) is 16.5. The fourth-order valence-corrected chi connectivity index (χ4v) is 1.96. The zero-order chi connectivity index (χ0) is 13.8. The lowest BCUT2D eigenvalue weighted by Crippen LogP contribution is -2.40. The Morgan fingerprint density at radius 1 is 1.20 bits per heavy atom. The number of carbonyl (C=O) groups excluding carboxylic acids is 1. The van der Waals surface area contributed by atoms with Crippen molar-refractivity contribution in [3.63, 3.8) is 0 Å². The second-order valence-corrected chi connectivity index (χ2v) is 4.42. The van der Waals surface area contributed by atoms with E-state index in [-0.39, 0.29) is 12.0 Å². The molecule has 0 saturated heterocycles. The highest BCUT2D eigenvalue weighted by Gasteiger charge is 2.21. The van der Waals surface area contributed by atoms with Gasteiger partial charge in [-0.05, 0) is 24.3 Å². The molecule has 0 saturated carbocycles. The first-order valence-corrected chi connectivity index (χ1v) is 6.40. The molecule has 1 aromatic carbocycles. The van der Waals surface area contributed by atoms with Gasteiger partial charge in [0.25, 0.3) is 5.91 Å². The number of aromatic nitrogens is 1. The molecule has 5 heteroatoms. The Kier molecular flexibility index (Phi) is 3.50. The summed E-state index contributed by atoms with van der Waals surface area (Å²) < 4.78 is 11.3. The standard InChI is InChI=1S/C15H14N2O3/c18-15(12-5-3-4-8-16-12)17-9-11-10-19-13-6-1-2-7-14(13)20-11/h1-8,11H,9-10H2,(H,17,18). The lowest BCUT2D eigenvalue weighted by Gasteiger charge is -2.26. The van der Waals surface area contributed by atoms with Gasteiger partial charge in [-0.25, -0.2) is 0 Å². The van der Waals surface area contributed by atoms with Gasteiger partial charge in [0.1, 0.15) is 18.4 Å². The van der Waals surface area contributed by atoms with Crippen LogP contribution in [-0.4, -0.2) is 30.1 Å². The molecule has 1 unspecified atom stereocenters. The molecule has 2 heterocycles. The number of benzene rings is 1. The van der Waals surface area contributed by atoms with Gasteiger partial charge in [-0.2, -0.15) is 0 Å². The number of hydrogen-bond donors (Lipinski definition) is 1. The van der Waals surface area contributed by atoms with Crippen molar-refractivity contribution in [2.24, 2.45) is 0 Å². The molecule has 1 amide bonds. The van der Waals surface area contributed by atoms with Crippen LogP contribution in [0, 0.1) is 0 Å². The number of rotatable bonds is 3. The van der Waals surface area contributed by atoms with Gasteiger partial charge in [0.05, 0.1) is 6.54 Å². The van der Waals surface area contributed by atoms with Crippen LogP contribution in [0.15, 0.2) is 48.7 Å². The van der Waals surface area contributed by atoms with Gasteiger partial charge in [-0.1, -0.05) is 18.2 Å². The fourth-order valence-electron chi connectivity index (χ4n) is 1.96. The summed E-state index contributed by atoms with van der Waals surface area (Å²) in [4.78, 5) is 15.9. The number of amides is 1. The molecule has 0 spiro atoms. The molecule has 0 bridgehead atoms. The van der Waals surface area contributed by atoms with Crippen molar-refractivity contribution in [3.8, 4) is 11.5 Å². The number of hydrogen-bond acceptors (Lipinski definition) is 4. The third-order valence-corrected chi connectivity index (χ3v) is 2.96. The van der Waals surface area contributed by atoms with Crippen LogP contribution in [0.4, 0.5) is 0 Å². The Labute approximate surface area is 116 Å². The molecule has 1 aliphatic rings. The van der Waals surface area contributed by atoms with E-state index in [0.717, 1.165) is 5.75 Å². The Bertz CT molecular complexity index is 601. The zero-order valence-corrected chi connectivity index (χ0v) is 10.8. The van der Waals surface area contributed by atoms with E-state index in [2.05, 4.69) is 10.3 Å². The van der Waals surface area contributed by atoms with E-state index >= 15 is 0 Å². The smallest absolute Gasteiger partial charge is 0.270 e. The summed E-state index contributed by atoms with van der Waals surface area (Å²) >= 11 is 0. The highest BCUT2D eigenvalue weighted by atomic mass is 16.6. The number of ether oxygens (including phenoxy) is 2. The van der Waals surface area contributed by atoms with Gasteiger partial charge < -0.3 is 14.8 Å². The van der Waals surface area contributed by atoms with Gasteiger partial charge in [0, 0.05) is 6.20 Å². The Balaban J connectivity index is 1.57. The first kappa shape index (κ1) is 12.5. The summed E-state index contributed by atoms with van der Waals surface area (Å²) in [6.45, 7) is 0.795. The molecule has 102 valence electrons. The van der Waals surface area contributed by atoms with Crippen molar-refractivity contribution in [2.45, 2.75) is 6.10 Å². The maximum atomic E-state index is 11.9. The van der Waals surface area contributed by atoms with Crippen LogP contribution in [-0.2, 0) is 0 Å². The molecule has 5 nitrogen and oxygen atoms in total. The minimum atomic E-state index is -0.215. The molecular formula is C15H14N2O3. The molecule has 2 aromatic rings. The third kappa shape index (κ3) is 2.71. The van der Waals surface area contributed by atoms with Crippen molar-refractivity contribution >= 4 is 5.91 Å². The van der Waals surface area contributed by atoms with Crippen LogP contribution < -0.4 is 14.8 Å². The minimum Gasteiger partial charge on any atom is -0.486 e. The van der Waals surface area contributed by atoms with Crippen molar-refractivity contribution in [3.05, 3.63) is 54.4 Å². The number of fused-ring (bicyclic) bond motifs is 1. The highest BCUT2D eigenvalue weighted by Crippen LogP contribution is 2.30. The van der Waals surface area contributed by atoms with Crippen molar-refractivity contribution < 1.29 is 14.3 Å². The number of carbonyl (C=O) groups is 1. The zero-order valence-electron chi connectivity index (χ0n) is 10.8. The molecule has 0 fully saturated rings. The third-order valence-electron chi connectivity index (χ3n) is 2.96. The van der Waals surface area contributed by atoms with Gasteiger partial charge >= 0.3 is 0 Å². The molecular weight excluding hydrogens is 256 g/mol. The Morgan fingerprint density at radius 2 is 2.00 bits per heavy atom. The van der Waals surface area contributed by atoms with Crippen LogP contribution in [0.5, 0.6) is 11.5 Å². The number of pyridine rings is 1. The number of nitrogens with one attached hydrogen (secondary N) is 1. The molecule has 0 aliphatic carbocycles. The van der Waals surface area contributed by atoms with Gasteiger partial charge in [-0.15, -0.1) is 0 Å². The first-order valence-electron chi connectivity index (χ1n) is 6.40. The van der Waals surface area contributed by atoms with Crippen molar-refractivity contribution in [2.75, 3.05) is 13.2 Å².